The quantitative estimate of drug-likeness (QED) is 0.186. The van der Waals surface area contributed by atoms with Gasteiger partial charge in [-0.25, -0.2) is 4.98 Å². The second-order valence-corrected chi connectivity index (χ2v) is 8.16. The van der Waals surface area contributed by atoms with Crippen LogP contribution in [0, 0.1) is 10.1 Å². The van der Waals surface area contributed by atoms with Crippen molar-refractivity contribution in [1.82, 2.24) is 9.97 Å². The van der Waals surface area contributed by atoms with Crippen molar-refractivity contribution < 1.29 is 4.92 Å². The summed E-state index contributed by atoms with van der Waals surface area (Å²) in [7, 11) is 0. The van der Waals surface area contributed by atoms with Crippen LogP contribution >= 0.6 is 0 Å². The predicted octanol–water partition coefficient (Wildman–Crippen LogP) is 6.31. The van der Waals surface area contributed by atoms with Gasteiger partial charge in [-0.3, -0.25) is 0 Å². The van der Waals surface area contributed by atoms with Crippen LogP contribution in [0.5, 0.6) is 0 Å². The molecule has 0 N–H and O–H groups in total. The monoisotopic (exact) mass is 405 g/mol. The van der Waals surface area contributed by atoms with Gasteiger partial charge in [-0.15, -0.1) is 0 Å². The summed E-state index contributed by atoms with van der Waals surface area (Å²) in [5.41, 5.74) is 6.03. The second kappa shape index (κ2) is 6.84. The van der Waals surface area contributed by atoms with Gasteiger partial charge >= 0.3 is 5.82 Å². The average molecular weight is 405 g/mol. The highest BCUT2D eigenvalue weighted by atomic mass is 16.6. The largest absolute Gasteiger partial charge is 0.382 e. The zero-order valence-corrected chi connectivity index (χ0v) is 16.8. The molecule has 2 aliphatic rings. The van der Waals surface area contributed by atoms with Gasteiger partial charge in [0.15, 0.2) is 0 Å². The summed E-state index contributed by atoms with van der Waals surface area (Å²) < 4.78 is 0. The van der Waals surface area contributed by atoms with E-state index in [9.17, 15) is 10.1 Å². The maximum atomic E-state index is 10.3. The minimum atomic E-state index is -0.556. The third-order valence-corrected chi connectivity index (χ3v) is 6.51. The summed E-state index contributed by atoms with van der Waals surface area (Å²) in [5.74, 6) is 0.440. The number of para-hydroxylation sites is 2. The van der Waals surface area contributed by atoms with E-state index >= 15 is 0 Å². The number of aryl methyl sites for hydroxylation is 1. The van der Waals surface area contributed by atoms with Gasteiger partial charge in [0.1, 0.15) is 11.7 Å². The molecule has 31 heavy (non-hydrogen) atoms. The number of aromatic nitrogens is 2. The van der Waals surface area contributed by atoms with Crippen molar-refractivity contribution in [1.29, 1.82) is 0 Å². The number of fused-ring (bicyclic) bond motifs is 6. The first-order valence-electron chi connectivity index (χ1n) is 10.5. The zero-order chi connectivity index (χ0) is 20.9. The first-order chi connectivity index (χ1) is 15.2. The van der Waals surface area contributed by atoms with E-state index < -0.39 is 4.92 Å². The Morgan fingerprint density at radius 3 is 2.42 bits per heavy atom. The SMILES string of the molecule is O=[N+]([O-])c1cnc2ccccc2n1.c1ccc2c(c1)c1cc3c4c(ccc32)C1CCC4. The van der Waals surface area contributed by atoms with Crippen molar-refractivity contribution >= 4 is 38.4 Å². The van der Waals surface area contributed by atoms with Crippen molar-refractivity contribution in [2.75, 3.05) is 0 Å². The number of rotatable bonds is 1. The highest BCUT2D eigenvalue weighted by molar-refractivity contribution is 6.11. The summed E-state index contributed by atoms with van der Waals surface area (Å²) >= 11 is 0. The van der Waals surface area contributed by atoms with E-state index in [-0.39, 0.29) is 5.82 Å². The number of nitrogens with zero attached hydrogens (tertiary/aromatic N) is 3. The van der Waals surface area contributed by atoms with Crippen molar-refractivity contribution in [3.05, 3.63) is 99.7 Å². The van der Waals surface area contributed by atoms with Crippen LogP contribution in [0.4, 0.5) is 5.82 Å². The van der Waals surface area contributed by atoms with Crippen LogP contribution in [-0.4, -0.2) is 14.9 Å². The predicted molar refractivity (Wildman–Crippen MR) is 122 cm³/mol. The molecular weight excluding hydrogens is 386 g/mol. The molecule has 0 saturated carbocycles. The zero-order valence-electron chi connectivity index (χ0n) is 16.8. The molecule has 0 radical (unpaired) electrons. The Bertz CT molecular complexity index is 1510. The maximum Gasteiger partial charge on any atom is 0.382 e. The number of benzene rings is 4. The van der Waals surface area contributed by atoms with Gasteiger partial charge in [-0.05, 0) is 85.6 Å². The molecule has 0 spiro atoms. The van der Waals surface area contributed by atoms with E-state index in [0.717, 1.165) is 6.20 Å². The van der Waals surface area contributed by atoms with E-state index in [0.29, 0.717) is 17.0 Å². The fraction of sp³-hybridized carbons (Fsp3) is 0.154. The van der Waals surface area contributed by atoms with Gasteiger partial charge < -0.3 is 10.1 Å². The topological polar surface area (TPSA) is 68.9 Å². The lowest BCUT2D eigenvalue weighted by Crippen LogP contribution is -2.15. The summed E-state index contributed by atoms with van der Waals surface area (Å²) in [6, 6.07) is 23.2. The third-order valence-electron chi connectivity index (χ3n) is 6.51. The first kappa shape index (κ1) is 18.0. The minimum Gasteiger partial charge on any atom is -0.358 e. The van der Waals surface area contributed by atoms with E-state index in [4.69, 9.17) is 0 Å². The molecule has 0 saturated heterocycles. The molecule has 0 fully saturated rings. The Labute approximate surface area is 178 Å². The molecule has 5 nitrogen and oxygen atoms in total. The van der Waals surface area contributed by atoms with E-state index in [1.165, 1.54) is 40.8 Å². The van der Waals surface area contributed by atoms with Crippen molar-refractivity contribution in [2.45, 2.75) is 25.2 Å². The molecule has 1 aromatic heterocycles. The number of hydrogen-bond acceptors (Lipinski definition) is 4. The van der Waals surface area contributed by atoms with Crippen LogP contribution in [0.15, 0.2) is 72.9 Å². The lowest BCUT2D eigenvalue weighted by molar-refractivity contribution is -0.389. The summed E-state index contributed by atoms with van der Waals surface area (Å²) in [4.78, 5) is 17.5. The number of nitro groups is 1. The van der Waals surface area contributed by atoms with Crippen LogP contribution in [0.1, 0.15) is 35.4 Å². The van der Waals surface area contributed by atoms with Crippen LogP contribution in [-0.2, 0) is 6.42 Å². The summed E-state index contributed by atoms with van der Waals surface area (Å²) in [5, 5.41) is 16.2. The fourth-order valence-corrected chi connectivity index (χ4v) is 5.17. The van der Waals surface area contributed by atoms with Gasteiger partial charge in [0.05, 0.1) is 0 Å². The van der Waals surface area contributed by atoms with E-state index in [1.807, 2.05) is 6.07 Å². The summed E-state index contributed by atoms with van der Waals surface area (Å²) in [6.45, 7) is 0. The van der Waals surface area contributed by atoms with Gasteiger partial charge in [0.2, 0.25) is 5.52 Å². The molecule has 5 heteroatoms. The Morgan fingerprint density at radius 2 is 1.58 bits per heavy atom. The second-order valence-electron chi connectivity index (χ2n) is 8.16. The molecule has 0 aliphatic heterocycles. The molecule has 1 unspecified atom stereocenters. The normalized spacial score (nSPS) is 15.9. The molecule has 0 amide bonds. The molecule has 2 aliphatic carbocycles. The molecule has 150 valence electrons. The molecule has 5 aromatic rings. The van der Waals surface area contributed by atoms with Crippen LogP contribution in [0.25, 0.3) is 32.6 Å². The molecule has 4 aromatic carbocycles. The van der Waals surface area contributed by atoms with Gasteiger partial charge in [-0.1, -0.05) is 48.5 Å². The highest BCUT2D eigenvalue weighted by Gasteiger charge is 2.29. The number of hydrogen-bond donors (Lipinski definition) is 0. The fourth-order valence-electron chi connectivity index (χ4n) is 5.17. The third kappa shape index (κ3) is 2.77. The van der Waals surface area contributed by atoms with Crippen LogP contribution in [0.2, 0.25) is 0 Å². The summed E-state index contributed by atoms with van der Waals surface area (Å²) in [6.07, 6.45) is 5.11. The molecule has 1 heterocycles. The van der Waals surface area contributed by atoms with Crippen molar-refractivity contribution in [3.8, 4) is 0 Å². The van der Waals surface area contributed by atoms with Crippen molar-refractivity contribution in [2.24, 2.45) is 0 Å². The lowest BCUT2D eigenvalue weighted by atomic mass is 9.71. The van der Waals surface area contributed by atoms with Gasteiger partial charge in [0.25, 0.3) is 0 Å². The maximum absolute atomic E-state index is 10.3. The smallest absolute Gasteiger partial charge is 0.358 e. The molecule has 7 rings (SSSR count). The molecule has 5 bridgehead atoms. The Morgan fingerprint density at radius 1 is 0.839 bits per heavy atom. The van der Waals surface area contributed by atoms with Crippen molar-refractivity contribution in [3.63, 3.8) is 0 Å². The van der Waals surface area contributed by atoms with Crippen LogP contribution < -0.4 is 0 Å². The minimum absolute atomic E-state index is 0.223. The Hall–Kier alpha value is -3.86. The molecular formula is C26H19N3O2. The van der Waals surface area contributed by atoms with Crippen LogP contribution in [0.3, 0.4) is 0 Å². The molecule has 1 atom stereocenters. The highest BCUT2D eigenvalue weighted by Crippen LogP contribution is 2.48. The van der Waals surface area contributed by atoms with Gasteiger partial charge in [-0.2, -0.15) is 0 Å². The standard InChI is InChI=1S/C18H14.C8H5N3O2/c1-2-5-12-11(4-1)16-9-8-15-13-6-3-7-14(15)18(16)10-17(12)13;12-11(13)8-5-9-6-3-1-2-4-7(6)10-8/h1-2,4-5,8-10,13H,3,6-7H2;1-5H. The van der Waals surface area contributed by atoms with Gasteiger partial charge in [0, 0.05) is 5.92 Å². The van der Waals surface area contributed by atoms with E-state index in [1.54, 1.807) is 34.9 Å². The Kier molecular flexibility index (Phi) is 3.96. The Balaban J connectivity index is 0.000000127. The average Bonchev–Trinajstić information content (AvgIpc) is 2.81. The first-order valence-corrected chi connectivity index (χ1v) is 10.5. The lowest BCUT2D eigenvalue weighted by Gasteiger charge is -2.33. The van der Waals surface area contributed by atoms with E-state index in [2.05, 4.69) is 52.4 Å².